The predicted octanol–water partition coefficient (Wildman–Crippen LogP) is 5.18. The zero-order valence-electron chi connectivity index (χ0n) is 21.4. The molecule has 1 aliphatic rings. The van der Waals surface area contributed by atoms with Gasteiger partial charge in [-0.25, -0.2) is 4.68 Å². The number of carbonyl (C=O) groups is 3. The molecule has 1 aromatic heterocycles. The summed E-state index contributed by atoms with van der Waals surface area (Å²) < 4.78 is 7.77. The first-order valence-corrected chi connectivity index (χ1v) is 13.0. The van der Waals surface area contributed by atoms with Crippen molar-refractivity contribution in [2.24, 2.45) is 0 Å². The van der Waals surface area contributed by atoms with E-state index in [2.05, 4.69) is 6.58 Å². The molecular weight excluding hydrogens is 538 g/mol. The molecule has 0 unspecified atom stereocenters. The van der Waals surface area contributed by atoms with Gasteiger partial charge in [0.25, 0.3) is 11.9 Å². The molecule has 11 heteroatoms. The molecule has 0 radical (unpaired) electrons. The Hall–Kier alpha value is -4.22. The van der Waals surface area contributed by atoms with Crippen molar-refractivity contribution in [1.82, 2.24) is 14.7 Å². The van der Waals surface area contributed by atoms with E-state index in [1.54, 1.807) is 16.8 Å². The van der Waals surface area contributed by atoms with Crippen molar-refractivity contribution in [2.45, 2.75) is 20.3 Å². The Balaban J connectivity index is 0.000000983. The highest BCUT2D eigenvalue weighted by Crippen LogP contribution is 2.36. The third kappa shape index (κ3) is 7.88. The van der Waals surface area contributed by atoms with Crippen LogP contribution in [0.3, 0.4) is 0 Å². The van der Waals surface area contributed by atoms with Gasteiger partial charge in [-0.2, -0.15) is 5.10 Å². The number of thioether (sulfide) groups is 1. The van der Waals surface area contributed by atoms with Gasteiger partial charge in [-0.05, 0) is 48.9 Å². The lowest BCUT2D eigenvalue weighted by molar-refractivity contribution is -0.137. The van der Waals surface area contributed by atoms with E-state index in [0.717, 1.165) is 46.8 Å². The number of aromatic nitrogens is 2. The van der Waals surface area contributed by atoms with Crippen molar-refractivity contribution < 1.29 is 29.3 Å². The number of carboxylic acid groups (broad SMARTS) is 2. The van der Waals surface area contributed by atoms with Crippen LogP contribution in [-0.2, 0) is 14.4 Å². The number of hydrogen-bond acceptors (Lipinski definition) is 7. The predicted molar refractivity (Wildman–Crippen MR) is 155 cm³/mol. The Labute approximate surface area is 235 Å². The molecular formula is C28H27N3O6S2. The van der Waals surface area contributed by atoms with E-state index in [-0.39, 0.29) is 18.9 Å². The van der Waals surface area contributed by atoms with Crippen molar-refractivity contribution in [3.63, 3.8) is 0 Å². The van der Waals surface area contributed by atoms with Crippen molar-refractivity contribution in [1.29, 1.82) is 0 Å². The van der Waals surface area contributed by atoms with Crippen molar-refractivity contribution in [3.05, 3.63) is 83.4 Å². The third-order valence-corrected chi connectivity index (χ3v) is 6.67. The number of hydrogen-bond donors (Lipinski definition) is 2. The molecule has 202 valence electrons. The number of nitrogens with zero attached hydrogens (tertiary/aromatic N) is 3. The molecule has 0 bridgehead atoms. The number of benzene rings is 2. The lowest BCUT2D eigenvalue weighted by atomic mass is 10.0. The highest BCUT2D eigenvalue weighted by molar-refractivity contribution is 8.26. The monoisotopic (exact) mass is 565 g/mol. The molecule has 0 spiro atoms. The lowest BCUT2D eigenvalue weighted by Gasteiger charge is -2.12. The number of carbonyl (C=O) groups excluding carboxylic acids is 1. The number of ether oxygens (including phenoxy) is 1. The van der Waals surface area contributed by atoms with Gasteiger partial charge in [0.05, 0.1) is 17.0 Å². The minimum Gasteiger partial charge on any atom is -0.490 e. The average molecular weight is 566 g/mol. The molecule has 1 amide bonds. The summed E-state index contributed by atoms with van der Waals surface area (Å²) in [5.74, 6) is -1.38. The number of aryl methyl sites for hydroxylation is 1. The SMILES string of the molecule is C=CCOc1ccc(-c2nn(-c3ccccc3)cc2/C=C2/SC(=S)N(CCC(=O)O)C2=O)c(C)c1.CC(=O)O. The smallest absolute Gasteiger partial charge is 0.305 e. The molecule has 2 N–H and O–H groups in total. The Kier molecular flexibility index (Phi) is 10.2. The van der Waals surface area contributed by atoms with Crippen LogP contribution >= 0.6 is 24.0 Å². The third-order valence-electron chi connectivity index (χ3n) is 5.29. The van der Waals surface area contributed by atoms with Gasteiger partial charge in [0.2, 0.25) is 0 Å². The first-order valence-electron chi connectivity index (χ1n) is 11.8. The number of aliphatic carboxylic acids is 2. The number of thiocarbonyl (C=S) groups is 1. The fourth-order valence-corrected chi connectivity index (χ4v) is 4.90. The van der Waals surface area contributed by atoms with E-state index < -0.39 is 11.9 Å². The number of carboxylic acids is 2. The molecule has 0 atom stereocenters. The summed E-state index contributed by atoms with van der Waals surface area (Å²) in [7, 11) is 0. The van der Waals surface area contributed by atoms with Gasteiger partial charge in [-0.15, -0.1) is 0 Å². The molecule has 4 rings (SSSR count). The van der Waals surface area contributed by atoms with Crippen LogP contribution in [0, 0.1) is 6.92 Å². The summed E-state index contributed by atoms with van der Waals surface area (Å²) in [5, 5.41) is 21.2. The standard InChI is InChI=1S/C26H23N3O4S2.C2H4O2/c1-3-13-33-20-9-10-21(17(2)14-20)24-18(16-29(27-24)19-7-5-4-6-8-19)15-22-25(32)28(26(34)35-22)12-11-23(30)31;1-2(3)4/h3-10,14-16H,1,11-13H2,2H3,(H,30,31);1H3,(H,3,4)/b22-15+;. The second kappa shape index (κ2) is 13.5. The summed E-state index contributed by atoms with van der Waals surface area (Å²) in [5.41, 5.74) is 4.20. The first-order chi connectivity index (χ1) is 18.6. The van der Waals surface area contributed by atoms with E-state index in [1.165, 1.54) is 4.90 Å². The van der Waals surface area contributed by atoms with E-state index >= 15 is 0 Å². The van der Waals surface area contributed by atoms with Crippen LogP contribution < -0.4 is 4.74 Å². The molecule has 39 heavy (non-hydrogen) atoms. The summed E-state index contributed by atoms with van der Waals surface area (Å²) >= 11 is 6.50. The maximum absolute atomic E-state index is 13.0. The van der Waals surface area contributed by atoms with Gasteiger partial charge in [0.15, 0.2) is 0 Å². The second-order valence-corrected chi connectivity index (χ2v) is 9.96. The van der Waals surface area contributed by atoms with Crippen LogP contribution in [0.25, 0.3) is 23.0 Å². The van der Waals surface area contributed by atoms with E-state index in [0.29, 0.717) is 21.5 Å². The summed E-state index contributed by atoms with van der Waals surface area (Å²) in [6.45, 7) is 7.19. The van der Waals surface area contributed by atoms with Crippen molar-refractivity contribution >= 4 is 52.2 Å². The van der Waals surface area contributed by atoms with Gasteiger partial charge in [0, 0.05) is 30.8 Å². The topological polar surface area (TPSA) is 122 Å². The Morgan fingerprint density at radius 3 is 2.49 bits per heavy atom. The fraction of sp³-hybridized carbons (Fsp3) is 0.179. The van der Waals surface area contributed by atoms with Gasteiger partial charge < -0.3 is 14.9 Å². The zero-order valence-corrected chi connectivity index (χ0v) is 23.0. The zero-order chi connectivity index (χ0) is 28.5. The summed E-state index contributed by atoms with van der Waals surface area (Å²) in [4.78, 5) is 34.7. The fourth-order valence-electron chi connectivity index (χ4n) is 3.60. The number of para-hydroxylation sites is 1. The van der Waals surface area contributed by atoms with Crippen LogP contribution in [0.5, 0.6) is 5.75 Å². The van der Waals surface area contributed by atoms with Crippen LogP contribution in [0.1, 0.15) is 24.5 Å². The quantitative estimate of drug-likeness (QED) is 0.205. The van der Waals surface area contributed by atoms with Crippen LogP contribution in [-0.4, -0.2) is 60.2 Å². The molecule has 1 aliphatic heterocycles. The highest BCUT2D eigenvalue weighted by Gasteiger charge is 2.32. The van der Waals surface area contributed by atoms with Gasteiger partial charge in [-0.1, -0.05) is 54.8 Å². The number of rotatable bonds is 9. The molecule has 1 fully saturated rings. The average Bonchev–Trinajstić information content (AvgIpc) is 3.42. The minimum atomic E-state index is -0.981. The first kappa shape index (κ1) is 29.3. The molecule has 0 saturated carbocycles. The van der Waals surface area contributed by atoms with Gasteiger partial charge >= 0.3 is 5.97 Å². The van der Waals surface area contributed by atoms with Crippen LogP contribution in [0.2, 0.25) is 0 Å². The maximum Gasteiger partial charge on any atom is 0.305 e. The summed E-state index contributed by atoms with van der Waals surface area (Å²) in [6.07, 6.45) is 5.16. The Bertz CT molecular complexity index is 1430. The van der Waals surface area contributed by atoms with Crippen LogP contribution in [0.4, 0.5) is 0 Å². The minimum absolute atomic E-state index is 0.0404. The Morgan fingerprint density at radius 2 is 1.87 bits per heavy atom. The van der Waals surface area contributed by atoms with Crippen molar-refractivity contribution in [3.8, 4) is 22.7 Å². The molecule has 2 aromatic carbocycles. The van der Waals surface area contributed by atoms with Gasteiger partial charge in [-0.3, -0.25) is 19.3 Å². The number of amides is 1. The molecule has 3 aromatic rings. The van der Waals surface area contributed by atoms with Crippen molar-refractivity contribution in [2.75, 3.05) is 13.2 Å². The maximum atomic E-state index is 13.0. The molecule has 1 saturated heterocycles. The van der Waals surface area contributed by atoms with E-state index in [1.807, 2.05) is 61.7 Å². The molecule has 9 nitrogen and oxygen atoms in total. The van der Waals surface area contributed by atoms with Gasteiger partial charge in [0.1, 0.15) is 22.4 Å². The van der Waals surface area contributed by atoms with E-state index in [4.69, 9.17) is 37.1 Å². The normalized spacial score (nSPS) is 13.7. The Morgan fingerprint density at radius 1 is 1.18 bits per heavy atom. The second-order valence-electron chi connectivity index (χ2n) is 8.29. The largest absolute Gasteiger partial charge is 0.490 e. The lowest BCUT2D eigenvalue weighted by Crippen LogP contribution is -2.30. The molecule has 2 heterocycles. The summed E-state index contributed by atoms with van der Waals surface area (Å²) in [6, 6.07) is 15.5. The van der Waals surface area contributed by atoms with E-state index in [9.17, 15) is 9.59 Å². The molecule has 0 aliphatic carbocycles. The van der Waals surface area contributed by atoms with Crippen LogP contribution in [0.15, 0.2) is 72.3 Å². The highest BCUT2D eigenvalue weighted by atomic mass is 32.2.